The number of rotatable bonds is 6. The number of piperazine rings is 1. The van der Waals surface area contributed by atoms with E-state index in [2.05, 4.69) is 4.72 Å². The van der Waals surface area contributed by atoms with E-state index in [0.29, 0.717) is 43.3 Å². The van der Waals surface area contributed by atoms with Gasteiger partial charge in [-0.25, -0.2) is 14.0 Å². The summed E-state index contributed by atoms with van der Waals surface area (Å²) in [6.07, 6.45) is -1.04. The second-order valence-corrected chi connectivity index (χ2v) is 7.38. The van der Waals surface area contributed by atoms with Gasteiger partial charge in [0.1, 0.15) is 18.5 Å². The van der Waals surface area contributed by atoms with Gasteiger partial charge in [-0.05, 0) is 30.1 Å². The molecule has 1 aromatic rings. The van der Waals surface area contributed by atoms with E-state index >= 15 is 0 Å². The number of benzene rings is 1. The zero-order valence-electron chi connectivity index (χ0n) is 15.5. The van der Waals surface area contributed by atoms with Crippen LogP contribution in [0.3, 0.4) is 0 Å². The molecule has 12 heteroatoms. The Hall–Kier alpha value is -2.73. The Labute approximate surface area is 170 Å². The molecule has 4 amide bonds. The highest BCUT2D eigenvalue weighted by molar-refractivity contribution is 7.97. The lowest BCUT2D eigenvalue weighted by molar-refractivity contribution is -0.134. The maximum absolute atomic E-state index is 14.7. The largest absolute Gasteiger partial charge is 0.443 e. The second kappa shape index (κ2) is 9.18. The maximum Gasteiger partial charge on any atom is 0.414 e. The number of halogens is 1. The van der Waals surface area contributed by atoms with Crippen molar-refractivity contribution in [3.05, 3.63) is 24.0 Å². The van der Waals surface area contributed by atoms with Crippen molar-refractivity contribution in [2.24, 2.45) is 5.73 Å². The number of carbonyl (C=O) groups excluding carboxylic acids is 3. The molecule has 0 spiro atoms. The standard InChI is InChI=1S/C17H22FN5O5S/c18-13-7-11(23-8-12(28-17(23)27)10-29-20-16(19)26)1-2-14(13)21-3-5-22(6-4-21)15(25)9-24/h1-2,7,12,24H,3-6,8-10H2,(H3,19,20,26)/t12-/m0/s1. The van der Waals surface area contributed by atoms with Crippen LogP contribution >= 0.6 is 11.9 Å². The average molecular weight is 427 g/mol. The van der Waals surface area contributed by atoms with Crippen molar-refractivity contribution in [3.8, 4) is 0 Å². The summed E-state index contributed by atoms with van der Waals surface area (Å²) in [5.74, 6) is -0.500. The van der Waals surface area contributed by atoms with Crippen LogP contribution in [0.25, 0.3) is 0 Å². The molecule has 10 nitrogen and oxygen atoms in total. The number of aliphatic hydroxyl groups is 1. The van der Waals surface area contributed by atoms with Gasteiger partial charge in [0.05, 0.1) is 23.7 Å². The number of hydrogen-bond acceptors (Lipinski definition) is 7. The van der Waals surface area contributed by atoms with Crippen LogP contribution in [0.4, 0.5) is 25.4 Å². The molecular weight excluding hydrogens is 405 g/mol. The predicted octanol–water partition coefficient (Wildman–Crippen LogP) is 0.108. The highest BCUT2D eigenvalue weighted by atomic mass is 32.2. The number of carbonyl (C=O) groups is 3. The molecule has 2 saturated heterocycles. The molecule has 0 unspecified atom stereocenters. The number of amides is 4. The predicted molar refractivity (Wildman–Crippen MR) is 105 cm³/mol. The van der Waals surface area contributed by atoms with E-state index in [9.17, 15) is 18.8 Å². The maximum atomic E-state index is 14.7. The Bertz CT molecular complexity index is 789. The third-order valence-electron chi connectivity index (χ3n) is 4.67. The van der Waals surface area contributed by atoms with E-state index in [1.165, 1.54) is 15.9 Å². The van der Waals surface area contributed by atoms with E-state index in [1.54, 1.807) is 12.1 Å². The van der Waals surface area contributed by atoms with Gasteiger partial charge in [-0.3, -0.25) is 14.4 Å². The number of nitrogens with two attached hydrogens (primary N) is 1. The quantitative estimate of drug-likeness (QED) is 0.550. The van der Waals surface area contributed by atoms with E-state index in [4.69, 9.17) is 15.6 Å². The number of urea groups is 1. The van der Waals surface area contributed by atoms with Crippen molar-refractivity contribution in [2.75, 3.05) is 54.9 Å². The molecule has 2 fully saturated rings. The van der Waals surface area contributed by atoms with Gasteiger partial charge in [0, 0.05) is 26.2 Å². The smallest absolute Gasteiger partial charge is 0.414 e. The van der Waals surface area contributed by atoms with Crippen molar-refractivity contribution >= 4 is 41.4 Å². The topological polar surface area (TPSA) is 128 Å². The molecular formula is C17H22FN5O5S. The number of cyclic esters (lactones) is 1. The number of aliphatic hydroxyl groups excluding tert-OH is 1. The van der Waals surface area contributed by atoms with Crippen LogP contribution in [-0.2, 0) is 9.53 Å². The van der Waals surface area contributed by atoms with Crippen molar-refractivity contribution in [1.29, 1.82) is 0 Å². The summed E-state index contributed by atoms with van der Waals surface area (Å²) < 4.78 is 22.3. The number of hydrogen-bond donors (Lipinski definition) is 3. The van der Waals surface area contributed by atoms with Gasteiger partial charge in [0.15, 0.2) is 0 Å². The van der Waals surface area contributed by atoms with Gasteiger partial charge in [-0.1, -0.05) is 0 Å². The zero-order chi connectivity index (χ0) is 21.0. The molecule has 2 aliphatic heterocycles. The fourth-order valence-electron chi connectivity index (χ4n) is 3.24. The summed E-state index contributed by atoms with van der Waals surface area (Å²) in [4.78, 5) is 39.0. The first-order chi connectivity index (χ1) is 13.9. The molecule has 3 rings (SSSR count). The second-order valence-electron chi connectivity index (χ2n) is 6.56. The van der Waals surface area contributed by atoms with E-state index in [-0.39, 0.29) is 12.5 Å². The number of primary amides is 1. The molecule has 29 heavy (non-hydrogen) atoms. The minimum Gasteiger partial charge on any atom is -0.443 e. The van der Waals surface area contributed by atoms with Crippen LogP contribution in [0.15, 0.2) is 18.2 Å². The summed E-state index contributed by atoms with van der Waals surface area (Å²) >= 11 is 1.03. The minimum atomic E-state index is -0.685. The van der Waals surface area contributed by atoms with Gasteiger partial charge >= 0.3 is 12.1 Å². The summed E-state index contributed by atoms with van der Waals surface area (Å²) in [6.45, 7) is 1.38. The zero-order valence-corrected chi connectivity index (χ0v) is 16.4. The van der Waals surface area contributed by atoms with Gasteiger partial charge < -0.3 is 25.4 Å². The SMILES string of the molecule is NC(=O)NSC[C@@H]1CN(c2ccc(N3CCN(C(=O)CO)CC3)c(F)c2)C(=O)O1. The molecule has 1 atom stereocenters. The summed E-state index contributed by atoms with van der Waals surface area (Å²) in [6, 6.07) is 3.83. The Morgan fingerprint density at radius 2 is 2.03 bits per heavy atom. The Morgan fingerprint density at radius 1 is 1.31 bits per heavy atom. The van der Waals surface area contributed by atoms with Crippen LogP contribution in [0.5, 0.6) is 0 Å². The Morgan fingerprint density at radius 3 is 2.66 bits per heavy atom. The Balaban J connectivity index is 1.60. The summed E-state index contributed by atoms with van der Waals surface area (Å²) in [7, 11) is 0. The fourth-order valence-corrected chi connectivity index (χ4v) is 3.83. The third-order valence-corrected chi connectivity index (χ3v) is 5.55. The van der Waals surface area contributed by atoms with Crippen molar-refractivity contribution in [3.63, 3.8) is 0 Å². The van der Waals surface area contributed by atoms with Gasteiger partial charge in [-0.2, -0.15) is 0 Å². The third kappa shape index (κ3) is 5.01. The first-order valence-electron chi connectivity index (χ1n) is 8.97. The molecule has 158 valence electrons. The van der Waals surface area contributed by atoms with E-state index < -0.39 is 30.7 Å². The number of ether oxygens (including phenoxy) is 1. The number of anilines is 2. The number of nitrogens with zero attached hydrogens (tertiary/aromatic N) is 3. The molecule has 2 heterocycles. The van der Waals surface area contributed by atoms with Crippen molar-refractivity contribution in [1.82, 2.24) is 9.62 Å². The van der Waals surface area contributed by atoms with E-state index in [1.807, 2.05) is 4.90 Å². The van der Waals surface area contributed by atoms with Gasteiger partial charge in [0.2, 0.25) is 5.91 Å². The van der Waals surface area contributed by atoms with Crippen LogP contribution in [0.2, 0.25) is 0 Å². The average Bonchev–Trinajstić information content (AvgIpc) is 3.07. The first-order valence-corrected chi connectivity index (χ1v) is 9.96. The molecule has 0 radical (unpaired) electrons. The van der Waals surface area contributed by atoms with E-state index in [0.717, 1.165) is 11.9 Å². The highest BCUT2D eigenvalue weighted by Crippen LogP contribution is 2.29. The molecule has 4 N–H and O–H groups in total. The highest BCUT2D eigenvalue weighted by Gasteiger charge is 2.33. The van der Waals surface area contributed by atoms with Crippen molar-refractivity contribution < 1.29 is 28.6 Å². The monoisotopic (exact) mass is 427 g/mol. The minimum absolute atomic E-state index is 0.229. The Kier molecular flexibility index (Phi) is 6.64. The van der Waals surface area contributed by atoms with Crippen LogP contribution in [0.1, 0.15) is 0 Å². The summed E-state index contributed by atoms with van der Waals surface area (Å²) in [5.41, 5.74) is 5.74. The van der Waals surface area contributed by atoms with Crippen LogP contribution in [-0.4, -0.2) is 79.2 Å². The first kappa shape index (κ1) is 21.0. The molecule has 0 saturated carbocycles. The number of nitrogens with one attached hydrogen (secondary N) is 1. The molecule has 2 aliphatic rings. The fraction of sp³-hybridized carbons (Fsp3) is 0.471. The molecule has 0 bridgehead atoms. The molecule has 1 aromatic carbocycles. The van der Waals surface area contributed by atoms with Gasteiger partial charge in [-0.15, -0.1) is 0 Å². The van der Waals surface area contributed by atoms with Crippen LogP contribution in [0, 0.1) is 5.82 Å². The normalized spacial score (nSPS) is 19.3. The van der Waals surface area contributed by atoms with Gasteiger partial charge in [0.25, 0.3) is 0 Å². The lowest BCUT2D eigenvalue weighted by Crippen LogP contribution is -2.49. The molecule has 0 aromatic heterocycles. The molecule has 0 aliphatic carbocycles. The van der Waals surface area contributed by atoms with Crippen LogP contribution < -0.4 is 20.3 Å². The lowest BCUT2D eigenvalue weighted by atomic mass is 10.2. The van der Waals surface area contributed by atoms with Crippen molar-refractivity contribution in [2.45, 2.75) is 6.10 Å². The lowest BCUT2D eigenvalue weighted by Gasteiger charge is -2.36. The summed E-state index contributed by atoms with van der Waals surface area (Å²) in [5, 5.41) is 8.93.